The number of carbonyl (C=O) groups excluding carboxylic acids is 1. The molecule has 27 heavy (non-hydrogen) atoms. The lowest BCUT2D eigenvalue weighted by Gasteiger charge is -2.32. The van der Waals surface area contributed by atoms with E-state index in [0.717, 1.165) is 5.56 Å². The highest BCUT2D eigenvalue weighted by Gasteiger charge is 2.34. The van der Waals surface area contributed by atoms with Crippen LogP contribution in [-0.4, -0.2) is 34.3 Å². The van der Waals surface area contributed by atoms with E-state index in [0.29, 0.717) is 23.2 Å². The molecule has 0 saturated carbocycles. The van der Waals surface area contributed by atoms with Crippen molar-refractivity contribution in [3.63, 3.8) is 0 Å². The summed E-state index contributed by atoms with van der Waals surface area (Å²) < 4.78 is 12.0. The molecule has 0 bridgehead atoms. The molecule has 0 fully saturated rings. The largest absolute Gasteiger partial charge is 0.501 e. The Morgan fingerprint density at radius 1 is 1.48 bits per heavy atom. The molecule has 2 N–H and O–H groups in total. The molecule has 1 aliphatic rings. The summed E-state index contributed by atoms with van der Waals surface area (Å²) in [6.07, 6.45) is 0. The van der Waals surface area contributed by atoms with E-state index in [9.17, 15) is 14.7 Å². The maximum atomic E-state index is 12.5. The zero-order chi connectivity index (χ0) is 19.8. The van der Waals surface area contributed by atoms with Crippen molar-refractivity contribution in [2.24, 2.45) is 0 Å². The average Bonchev–Trinajstić information content (AvgIpc) is 2.62. The molecule has 0 saturated heterocycles. The molecule has 0 radical (unpaired) electrons. The number of amides is 1. The van der Waals surface area contributed by atoms with Crippen LogP contribution in [0.5, 0.6) is 11.5 Å². The average molecular weight is 394 g/mol. The summed E-state index contributed by atoms with van der Waals surface area (Å²) in [6.45, 7) is 4.24. The Bertz CT molecular complexity index is 955. The predicted octanol–water partition coefficient (Wildman–Crippen LogP) is 1.81. The summed E-state index contributed by atoms with van der Waals surface area (Å²) in [5.41, 5.74) is -1.10. The van der Waals surface area contributed by atoms with Crippen LogP contribution >= 0.6 is 11.6 Å². The molecule has 9 heteroatoms. The van der Waals surface area contributed by atoms with Crippen molar-refractivity contribution >= 4 is 17.5 Å². The molecule has 1 aliphatic heterocycles. The summed E-state index contributed by atoms with van der Waals surface area (Å²) in [6, 6.07) is 5.09. The molecule has 1 amide bonds. The minimum absolute atomic E-state index is 0.141. The number of ether oxygens (including phenoxy) is 2. The second kappa shape index (κ2) is 7.21. The number of aromatic nitrogens is 2. The summed E-state index contributed by atoms with van der Waals surface area (Å²) >= 11 is 6.07. The van der Waals surface area contributed by atoms with E-state index < -0.39 is 22.8 Å². The van der Waals surface area contributed by atoms with Gasteiger partial charge >= 0.3 is 0 Å². The van der Waals surface area contributed by atoms with E-state index in [1.54, 1.807) is 32.0 Å². The predicted molar refractivity (Wildman–Crippen MR) is 98.3 cm³/mol. The molecule has 0 atom stereocenters. The summed E-state index contributed by atoms with van der Waals surface area (Å²) in [5, 5.41) is 13.2. The lowest BCUT2D eigenvalue weighted by atomic mass is 10.1. The molecule has 8 nitrogen and oxygen atoms in total. The third-order valence-corrected chi connectivity index (χ3v) is 4.64. The second-order valence-electron chi connectivity index (χ2n) is 6.60. The monoisotopic (exact) mass is 393 g/mol. The molecule has 2 aromatic rings. The number of hydrogen-bond acceptors (Lipinski definition) is 6. The van der Waals surface area contributed by atoms with Gasteiger partial charge in [0, 0.05) is 6.54 Å². The van der Waals surface area contributed by atoms with Crippen LogP contribution in [-0.2, 0) is 23.4 Å². The molecule has 0 spiro atoms. The van der Waals surface area contributed by atoms with E-state index in [1.807, 2.05) is 0 Å². The molecule has 0 aliphatic carbocycles. The zero-order valence-electron chi connectivity index (χ0n) is 15.2. The van der Waals surface area contributed by atoms with Gasteiger partial charge in [-0.05, 0) is 31.5 Å². The number of carbonyl (C=O) groups is 1. The van der Waals surface area contributed by atoms with Crippen LogP contribution in [0.2, 0.25) is 5.02 Å². The van der Waals surface area contributed by atoms with Crippen LogP contribution in [0.1, 0.15) is 35.7 Å². The maximum Gasteiger partial charge on any atom is 0.296 e. The minimum atomic E-state index is -0.844. The standard InChI is InChI=1S/C18H20ClN3O5/c1-18(2)17-21-13(14(23)16(25)22(17)6-7-27-18)15(24)20-9-10-4-5-12(26-3)11(19)8-10/h4-5,8,23H,6-7,9H2,1-3H3,(H,20,24). The highest BCUT2D eigenvalue weighted by molar-refractivity contribution is 6.32. The van der Waals surface area contributed by atoms with Crippen molar-refractivity contribution in [2.45, 2.75) is 32.5 Å². The molecular formula is C18H20ClN3O5. The van der Waals surface area contributed by atoms with Gasteiger partial charge in [0.2, 0.25) is 5.75 Å². The van der Waals surface area contributed by atoms with Crippen molar-refractivity contribution < 1.29 is 19.4 Å². The number of fused-ring (bicyclic) bond motifs is 1. The highest BCUT2D eigenvalue weighted by Crippen LogP contribution is 2.27. The van der Waals surface area contributed by atoms with Crippen molar-refractivity contribution in [1.82, 2.24) is 14.9 Å². The van der Waals surface area contributed by atoms with Gasteiger partial charge in [-0.15, -0.1) is 0 Å². The topological polar surface area (TPSA) is 103 Å². The van der Waals surface area contributed by atoms with Crippen LogP contribution in [0.3, 0.4) is 0 Å². The third kappa shape index (κ3) is 3.63. The first-order valence-corrected chi connectivity index (χ1v) is 8.71. The molecular weight excluding hydrogens is 374 g/mol. The Labute approximate surface area is 160 Å². The smallest absolute Gasteiger partial charge is 0.296 e. The number of rotatable bonds is 4. The lowest BCUT2D eigenvalue weighted by molar-refractivity contribution is -0.0566. The summed E-state index contributed by atoms with van der Waals surface area (Å²) in [4.78, 5) is 29.2. The molecule has 2 heterocycles. The van der Waals surface area contributed by atoms with Crippen LogP contribution in [0, 0.1) is 0 Å². The van der Waals surface area contributed by atoms with Gasteiger partial charge in [-0.25, -0.2) is 4.98 Å². The van der Waals surface area contributed by atoms with Crippen molar-refractivity contribution in [1.29, 1.82) is 0 Å². The number of nitrogens with zero attached hydrogens (tertiary/aromatic N) is 2. The molecule has 3 rings (SSSR count). The van der Waals surface area contributed by atoms with Gasteiger partial charge in [-0.3, -0.25) is 14.2 Å². The first kappa shape index (κ1) is 19.2. The second-order valence-corrected chi connectivity index (χ2v) is 7.01. The van der Waals surface area contributed by atoms with Crippen molar-refractivity contribution in [3.05, 3.63) is 50.7 Å². The fraction of sp³-hybridized carbons (Fsp3) is 0.389. The fourth-order valence-corrected chi connectivity index (χ4v) is 3.19. The van der Waals surface area contributed by atoms with Gasteiger partial charge < -0.3 is 19.9 Å². The Morgan fingerprint density at radius 3 is 2.89 bits per heavy atom. The van der Waals surface area contributed by atoms with E-state index in [1.165, 1.54) is 11.7 Å². The molecule has 1 aromatic heterocycles. The Kier molecular flexibility index (Phi) is 5.12. The van der Waals surface area contributed by atoms with Crippen LogP contribution in [0.4, 0.5) is 0 Å². The van der Waals surface area contributed by atoms with Crippen LogP contribution < -0.4 is 15.6 Å². The van der Waals surface area contributed by atoms with Crippen LogP contribution in [0.25, 0.3) is 0 Å². The number of hydrogen-bond donors (Lipinski definition) is 2. The Morgan fingerprint density at radius 2 is 2.22 bits per heavy atom. The van der Waals surface area contributed by atoms with Crippen molar-refractivity contribution in [3.8, 4) is 11.5 Å². The van der Waals surface area contributed by atoms with Crippen LogP contribution in [0.15, 0.2) is 23.0 Å². The first-order valence-electron chi connectivity index (χ1n) is 8.33. The fourth-order valence-electron chi connectivity index (χ4n) is 2.91. The normalized spacial score (nSPS) is 15.1. The van der Waals surface area contributed by atoms with Gasteiger partial charge in [-0.1, -0.05) is 17.7 Å². The van der Waals surface area contributed by atoms with E-state index in [2.05, 4.69) is 10.3 Å². The first-order chi connectivity index (χ1) is 12.7. The number of methoxy groups -OCH3 is 1. The van der Waals surface area contributed by atoms with Gasteiger partial charge in [-0.2, -0.15) is 0 Å². The van der Waals surface area contributed by atoms with E-state index in [4.69, 9.17) is 21.1 Å². The quantitative estimate of drug-likeness (QED) is 0.821. The number of halogens is 1. The van der Waals surface area contributed by atoms with Crippen molar-refractivity contribution in [2.75, 3.05) is 13.7 Å². The van der Waals surface area contributed by atoms with E-state index >= 15 is 0 Å². The number of nitrogens with one attached hydrogen (secondary N) is 1. The molecule has 144 valence electrons. The van der Waals surface area contributed by atoms with E-state index in [-0.39, 0.29) is 18.8 Å². The van der Waals surface area contributed by atoms with Gasteiger partial charge in [0.05, 0.1) is 25.3 Å². The lowest BCUT2D eigenvalue weighted by Crippen LogP contribution is -2.42. The Balaban J connectivity index is 1.86. The third-order valence-electron chi connectivity index (χ3n) is 4.35. The van der Waals surface area contributed by atoms with Gasteiger partial charge in [0.25, 0.3) is 11.5 Å². The summed E-state index contributed by atoms with van der Waals surface area (Å²) in [7, 11) is 1.51. The number of benzene rings is 1. The maximum absolute atomic E-state index is 12.5. The highest BCUT2D eigenvalue weighted by atomic mass is 35.5. The molecule has 1 aromatic carbocycles. The van der Waals surface area contributed by atoms with Gasteiger partial charge in [0.1, 0.15) is 17.2 Å². The Hall–Kier alpha value is -2.58. The number of aromatic hydroxyl groups is 1. The molecule has 0 unspecified atom stereocenters. The SMILES string of the molecule is COc1ccc(CNC(=O)c2nc3n(c(=O)c2O)CCOC3(C)C)cc1Cl. The summed E-state index contributed by atoms with van der Waals surface area (Å²) in [5.74, 6) is -0.520. The zero-order valence-corrected chi connectivity index (χ0v) is 16.0. The minimum Gasteiger partial charge on any atom is -0.501 e. The van der Waals surface area contributed by atoms with Gasteiger partial charge in [0.15, 0.2) is 5.69 Å².